The van der Waals surface area contributed by atoms with Crippen LogP contribution in [0.4, 0.5) is 5.82 Å². The topological polar surface area (TPSA) is 126 Å². The maximum atomic E-state index is 12.1. The Bertz CT molecular complexity index is 1860. The van der Waals surface area contributed by atoms with Crippen molar-refractivity contribution in [3.05, 3.63) is 117 Å². The molecule has 9 nitrogen and oxygen atoms in total. The van der Waals surface area contributed by atoms with Gasteiger partial charge < -0.3 is 20.1 Å². The van der Waals surface area contributed by atoms with Crippen LogP contribution in [0.5, 0.6) is 0 Å². The van der Waals surface area contributed by atoms with Gasteiger partial charge in [0.15, 0.2) is 5.97 Å². The summed E-state index contributed by atoms with van der Waals surface area (Å²) < 4.78 is 10.6. The number of primary amides is 1. The summed E-state index contributed by atoms with van der Waals surface area (Å²) in [5.74, 6) is -0.814. The van der Waals surface area contributed by atoms with E-state index in [4.69, 9.17) is 17.0 Å². The van der Waals surface area contributed by atoms with Crippen LogP contribution in [0.25, 0.3) is 27.1 Å². The summed E-state index contributed by atoms with van der Waals surface area (Å²) in [4.78, 5) is 44.6. The molecule has 0 radical (unpaired) electrons. The van der Waals surface area contributed by atoms with Gasteiger partial charge in [0, 0.05) is 10.7 Å². The zero-order valence-corrected chi connectivity index (χ0v) is 34.4. The summed E-state index contributed by atoms with van der Waals surface area (Å²) >= 11 is 7.97. The molecule has 2 aliphatic carbocycles. The minimum absolute atomic E-state index is 0.218. The number of amides is 1. The monoisotopic (exact) mass is 852 g/mol. The molecule has 0 bridgehead atoms. The number of fused-ring (bicyclic) bond motifs is 2. The third kappa shape index (κ3) is 11.0. The summed E-state index contributed by atoms with van der Waals surface area (Å²) in [6.45, 7) is 14.3. The molecule has 2 N–H and O–H groups in total. The summed E-state index contributed by atoms with van der Waals surface area (Å²) in [6.07, 6.45) is 10.2. The number of hydrogen-bond donors (Lipinski definition) is 1. The van der Waals surface area contributed by atoms with Crippen molar-refractivity contribution in [1.82, 2.24) is 9.97 Å². The Morgan fingerprint density at radius 1 is 0.860 bits per heavy atom. The van der Waals surface area contributed by atoms with E-state index in [-0.39, 0.29) is 18.1 Å². The SMILES string of the molecule is CCOC(=O)Cc1c(-c2ccnc(C(N)=O)c2)ccc2c1CCC2.[C-]#[N+]c1cc(-c2ccc3c(c2Br)CCC3)ccn1.[CH2-]C(=O)OCC.[Zn+][Br]. The number of benzene rings is 2. The van der Waals surface area contributed by atoms with Gasteiger partial charge in [0.05, 0.1) is 19.6 Å². The third-order valence-corrected chi connectivity index (χ3v) is 8.95. The molecule has 0 unspecified atom stereocenters. The molecule has 0 fully saturated rings. The van der Waals surface area contributed by atoms with Gasteiger partial charge in [-0.1, -0.05) is 30.8 Å². The van der Waals surface area contributed by atoms with Crippen LogP contribution in [0, 0.1) is 13.5 Å². The Labute approximate surface area is 318 Å². The average molecular weight is 856 g/mol. The van der Waals surface area contributed by atoms with Crippen LogP contribution < -0.4 is 5.73 Å². The number of aromatic nitrogens is 2. The number of rotatable bonds is 7. The van der Waals surface area contributed by atoms with Gasteiger partial charge in [0.2, 0.25) is 0 Å². The van der Waals surface area contributed by atoms with Crippen molar-refractivity contribution in [2.45, 2.75) is 58.8 Å². The molecule has 0 spiro atoms. The molecule has 0 atom stereocenters. The zero-order chi connectivity index (χ0) is 36.6. The molecule has 6 rings (SSSR count). The van der Waals surface area contributed by atoms with Crippen molar-refractivity contribution in [2.75, 3.05) is 13.2 Å². The number of nitrogens with two attached hydrogens (primary N) is 1. The van der Waals surface area contributed by atoms with E-state index in [0.717, 1.165) is 53.5 Å². The van der Waals surface area contributed by atoms with Gasteiger partial charge in [-0.2, -0.15) is 0 Å². The summed E-state index contributed by atoms with van der Waals surface area (Å²) in [6, 6.07) is 15.8. The van der Waals surface area contributed by atoms with E-state index in [1.807, 2.05) is 24.3 Å². The second-order valence-corrected chi connectivity index (χ2v) is 11.9. The van der Waals surface area contributed by atoms with Crippen LogP contribution in [0.3, 0.4) is 0 Å². The van der Waals surface area contributed by atoms with Crippen LogP contribution in [0.2, 0.25) is 0 Å². The molecule has 256 valence electrons. The molecule has 0 saturated carbocycles. The van der Waals surface area contributed by atoms with Crippen molar-refractivity contribution in [3.8, 4) is 22.3 Å². The molecule has 0 saturated heterocycles. The van der Waals surface area contributed by atoms with E-state index in [0.29, 0.717) is 19.0 Å². The summed E-state index contributed by atoms with van der Waals surface area (Å²) in [5, 5.41) is 0. The molecule has 1 amide bonds. The molecular formula is C38H38Br2N4O5Zn. The van der Waals surface area contributed by atoms with Crippen LogP contribution in [-0.2, 0) is 67.5 Å². The fourth-order valence-corrected chi connectivity index (χ4v) is 6.77. The zero-order valence-electron chi connectivity index (χ0n) is 28.3. The Balaban J connectivity index is 0.000000229. The Morgan fingerprint density at radius 3 is 2.02 bits per heavy atom. The van der Waals surface area contributed by atoms with E-state index >= 15 is 0 Å². The van der Waals surface area contributed by atoms with Crippen molar-refractivity contribution in [2.24, 2.45) is 5.73 Å². The van der Waals surface area contributed by atoms with Gasteiger partial charge in [0.1, 0.15) is 11.9 Å². The Hall–Kier alpha value is -3.91. The number of hydrogen-bond acceptors (Lipinski definition) is 7. The molecule has 2 heterocycles. The van der Waals surface area contributed by atoms with Gasteiger partial charge >= 0.3 is 35.9 Å². The number of esters is 2. The molecular weight excluding hydrogens is 818 g/mol. The Morgan fingerprint density at radius 2 is 1.44 bits per heavy atom. The molecule has 4 aromatic rings. The van der Waals surface area contributed by atoms with E-state index in [2.05, 4.69) is 74.2 Å². The molecule has 50 heavy (non-hydrogen) atoms. The van der Waals surface area contributed by atoms with Gasteiger partial charge in [-0.25, -0.2) is 0 Å². The van der Waals surface area contributed by atoms with E-state index in [1.54, 1.807) is 32.3 Å². The number of halogens is 2. The van der Waals surface area contributed by atoms with Crippen LogP contribution >= 0.6 is 29.6 Å². The van der Waals surface area contributed by atoms with Crippen LogP contribution in [0.1, 0.15) is 65.0 Å². The second-order valence-electron chi connectivity index (χ2n) is 11.1. The van der Waals surface area contributed by atoms with Crippen molar-refractivity contribution in [3.63, 3.8) is 0 Å². The molecule has 12 heteroatoms. The van der Waals surface area contributed by atoms with Crippen molar-refractivity contribution >= 4 is 53.2 Å². The van der Waals surface area contributed by atoms with Gasteiger partial charge in [0.25, 0.3) is 11.7 Å². The van der Waals surface area contributed by atoms with Gasteiger partial charge in [-0.05, 0) is 143 Å². The fourth-order valence-electron chi connectivity index (χ4n) is 5.96. The predicted octanol–water partition coefficient (Wildman–Crippen LogP) is 8.22. The molecule has 2 aromatic carbocycles. The predicted molar refractivity (Wildman–Crippen MR) is 197 cm³/mol. The maximum absolute atomic E-state index is 12.1. The van der Waals surface area contributed by atoms with E-state index < -0.39 is 11.9 Å². The molecule has 2 aliphatic rings. The van der Waals surface area contributed by atoms with E-state index in [9.17, 15) is 14.4 Å². The van der Waals surface area contributed by atoms with Crippen molar-refractivity contribution in [1.29, 1.82) is 0 Å². The standard InChI is InChI=1S/C19H20N2O3.C15H11BrN2.C4H7O2.BrH.Zn/c1-2-24-18(22)11-16-14-5-3-4-12(14)6-7-15(16)13-8-9-21-17(10-13)19(20)23;1-17-14-9-11(7-8-18-14)13-6-5-10-3-2-4-12(10)15(13)16;1-3-6-4(2)5;;/h6-10H,2-5,11H2,1H3,(H2,20,23);5-9H,2-4H2;2-3H2,1H3;1H;/q;;-1;;+2/p-1. The first-order valence-electron chi connectivity index (χ1n) is 16.1. The Kier molecular flexibility index (Phi) is 16.8. The molecule has 2 aromatic heterocycles. The summed E-state index contributed by atoms with van der Waals surface area (Å²) in [5.41, 5.74) is 15.9. The third-order valence-electron chi connectivity index (χ3n) is 8.04. The first-order chi connectivity index (χ1) is 24.2. The first kappa shape index (κ1) is 40.5. The van der Waals surface area contributed by atoms with Gasteiger partial charge in [-0.3, -0.25) is 26.3 Å². The number of carbonyl (C=O) groups excluding carboxylic acids is 3. The number of pyridine rings is 2. The van der Waals surface area contributed by atoms with Crippen LogP contribution in [-0.4, -0.2) is 41.0 Å². The quantitative estimate of drug-likeness (QED) is 0.113. The normalized spacial score (nSPS) is 11.9. The average Bonchev–Trinajstić information content (AvgIpc) is 3.81. The molecule has 0 aliphatic heterocycles. The van der Waals surface area contributed by atoms with Crippen LogP contribution in [0.15, 0.2) is 65.4 Å². The first-order valence-corrected chi connectivity index (χ1v) is 23.9. The number of nitrogens with zero attached hydrogens (tertiary/aromatic N) is 3. The number of carbonyl (C=O) groups is 3. The van der Waals surface area contributed by atoms with E-state index in [1.165, 1.54) is 55.9 Å². The van der Waals surface area contributed by atoms with Crippen molar-refractivity contribution < 1.29 is 40.2 Å². The van der Waals surface area contributed by atoms with Gasteiger partial charge in [-0.15, -0.1) is 4.98 Å². The number of aryl methyl sites for hydroxylation is 2. The minimum atomic E-state index is -0.565. The summed E-state index contributed by atoms with van der Waals surface area (Å²) in [7, 11) is 0. The number of ether oxygens (including phenoxy) is 2. The fraction of sp³-hybridized carbons (Fsp3) is 0.289. The second kappa shape index (κ2) is 20.7.